The van der Waals surface area contributed by atoms with Gasteiger partial charge in [-0.25, -0.2) is 4.39 Å². The summed E-state index contributed by atoms with van der Waals surface area (Å²) in [4.78, 5) is 0. The quantitative estimate of drug-likeness (QED) is 0.769. The maximum atomic E-state index is 13.3. The molecule has 0 heterocycles. The van der Waals surface area contributed by atoms with Crippen LogP contribution in [0.2, 0.25) is 10.0 Å². The average molecular weight is 324 g/mol. The Hall–Kier alpha value is -1.35. The van der Waals surface area contributed by atoms with Crippen LogP contribution in [0.15, 0.2) is 42.5 Å². The molecular weight excluding hydrogens is 308 g/mol. The Bertz CT molecular complexity index is 620. The zero-order valence-electron chi connectivity index (χ0n) is 11.4. The third kappa shape index (κ3) is 4.57. The zero-order valence-corrected chi connectivity index (χ0v) is 12.9. The van der Waals surface area contributed by atoms with E-state index in [9.17, 15) is 4.39 Å². The molecule has 1 atom stereocenters. The molecule has 2 aromatic rings. The van der Waals surface area contributed by atoms with E-state index in [0.717, 1.165) is 16.7 Å². The van der Waals surface area contributed by atoms with E-state index in [1.165, 1.54) is 0 Å². The van der Waals surface area contributed by atoms with Crippen LogP contribution in [0, 0.1) is 0 Å². The van der Waals surface area contributed by atoms with Crippen molar-refractivity contribution in [3.63, 3.8) is 0 Å². The van der Waals surface area contributed by atoms with E-state index in [4.69, 9.17) is 28.9 Å². The third-order valence-electron chi connectivity index (χ3n) is 3.11. The highest BCUT2D eigenvalue weighted by Crippen LogP contribution is 2.26. The molecule has 0 saturated carbocycles. The number of alkyl halides is 1. The molecule has 2 aromatic carbocycles. The van der Waals surface area contributed by atoms with E-state index in [1.807, 2.05) is 36.4 Å². The fourth-order valence-corrected chi connectivity index (χ4v) is 2.54. The number of nitrogens with two attached hydrogens (primary N) is 1. The van der Waals surface area contributed by atoms with E-state index in [1.54, 1.807) is 18.2 Å². The first kappa shape index (κ1) is 16.0. The van der Waals surface area contributed by atoms with Gasteiger partial charge in [-0.3, -0.25) is 0 Å². The highest BCUT2D eigenvalue weighted by atomic mass is 35.5. The van der Waals surface area contributed by atoms with Crippen LogP contribution in [0.3, 0.4) is 0 Å². The van der Waals surface area contributed by atoms with Gasteiger partial charge >= 0.3 is 0 Å². The Kier molecular flexibility index (Phi) is 5.80. The van der Waals surface area contributed by atoms with Crippen molar-refractivity contribution in [3.8, 4) is 0 Å². The highest BCUT2D eigenvalue weighted by molar-refractivity contribution is 6.37. The Balaban J connectivity index is 2.19. The lowest BCUT2D eigenvalue weighted by molar-refractivity contribution is 0.340. The van der Waals surface area contributed by atoms with Crippen molar-refractivity contribution in [2.45, 2.75) is 12.6 Å². The third-order valence-corrected chi connectivity index (χ3v) is 3.77. The Morgan fingerprint density at radius 1 is 1.05 bits per heavy atom. The molecule has 0 aliphatic rings. The van der Waals surface area contributed by atoms with Crippen LogP contribution in [0.4, 0.5) is 4.39 Å². The molecule has 21 heavy (non-hydrogen) atoms. The molecule has 0 amide bonds. The van der Waals surface area contributed by atoms with Crippen molar-refractivity contribution in [1.29, 1.82) is 0 Å². The standard InChI is InChI=1S/C17H16Cl2FN/c18-16-5-2-6-17(19)15(16)8-7-12-3-1-4-13(9-12)10-14(20)11-21/h1-9,14H,10-11,21H2/b8-7+/t14-/m0/s1. The first-order valence-electron chi connectivity index (χ1n) is 6.65. The molecule has 1 nitrogen and oxygen atoms in total. The summed E-state index contributed by atoms with van der Waals surface area (Å²) < 4.78 is 13.3. The van der Waals surface area contributed by atoms with Gasteiger partial charge in [0.25, 0.3) is 0 Å². The Labute approximate surface area is 134 Å². The van der Waals surface area contributed by atoms with Gasteiger partial charge in [0.1, 0.15) is 6.17 Å². The lowest BCUT2D eigenvalue weighted by atomic mass is 10.0. The van der Waals surface area contributed by atoms with Gasteiger partial charge in [0, 0.05) is 28.6 Å². The van der Waals surface area contributed by atoms with E-state index in [-0.39, 0.29) is 6.54 Å². The van der Waals surface area contributed by atoms with Gasteiger partial charge in [-0.1, -0.05) is 65.7 Å². The molecule has 2 rings (SSSR count). The monoisotopic (exact) mass is 323 g/mol. The van der Waals surface area contributed by atoms with Crippen molar-refractivity contribution in [3.05, 3.63) is 69.2 Å². The van der Waals surface area contributed by atoms with Gasteiger partial charge in [0.05, 0.1) is 0 Å². The predicted octanol–water partition coefficient (Wildman–Crippen LogP) is 5.00. The molecule has 0 bridgehead atoms. The van der Waals surface area contributed by atoms with E-state index >= 15 is 0 Å². The molecular formula is C17H16Cl2FN. The summed E-state index contributed by atoms with van der Waals surface area (Å²) in [6.07, 6.45) is 3.08. The summed E-state index contributed by atoms with van der Waals surface area (Å²) in [6, 6.07) is 13.0. The van der Waals surface area contributed by atoms with Crippen molar-refractivity contribution in [2.75, 3.05) is 6.54 Å². The molecule has 110 valence electrons. The Morgan fingerprint density at radius 3 is 2.38 bits per heavy atom. The topological polar surface area (TPSA) is 26.0 Å². The van der Waals surface area contributed by atoms with Crippen LogP contribution in [-0.4, -0.2) is 12.7 Å². The van der Waals surface area contributed by atoms with Crippen molar-refractivity contribution in [1.82, 2.24) is 0 Å². The van der Waals surface area contributed by atoms with Gasteiger partial charge in [-0.15, -0.1) is 0 Å². The second kappa shape index (κ2) is 7.60. The number of halogens is 3. The molecule has 0 fully saturated rings. The minimum atomic E-state index is -1.01. The Morgan fingerprint density at radius 2 is 1.71 bits per heavy atom. The van der Waals surface area contributed by atoms with Crippen LogP contribution < -0.4 is 5.73 Å². The van der Waals surface area contributed by atoms with Crippen LogP contribution in [0.1, 0.15) is 16.7 Å². The minimum Gasteiger partial charge on any atom is -0.328 e. The fourth-order valence-electron chi connectivity index (χ4n) is 2.01. The number of rotatable bonds is 5. The summed E-state index contributed by atoms with van der Waals surface area (Å²) in [5.41, 5.74) is 7.96. The smallest absolute Gasteiger partial charge is 0.116 e. The lowest BCUT2D eigenvalue weighted by Crippen LogP contribution is -2.17. The van der Waals surface area contributed by atoms with Crippen molar-refractivity contribution in [2.24, 2.45) is 5.73 Å². The molecule has 0 saturated heterocycles. The van der Waals surface area contributed by atoms with Crippen molar-refractivity contribution >= 4 is 35.4 Å². The average Bonchev–Trinajstić information content (AvgIpc) is 2.47. The fraction of sp³-hybridized carbons (Fsp3) is 0.176. The molecule has 0 aliphatic carbocycles. The maximum Gasteiger partial charge on any atom is 0.116 e. The number of benzene rings is 2. The zero-order chi connectivity index (χ0) is 15.2. The second-order valence-electron chi connectivity index (χ2n) is 4.75. The normalized spacial score (nSPS) is 12.8. The maximum absolute atomic E-state index is 13.3. The van der Waals surface area contributed by atoms with Crippen LogP contribution in [0.5, 0.6) is 0 Å². The molecule has 0 unspecified atom stereocenters. The molecule has 0 aliphatic heterocycles. The second-order valence-corrected chi connectivity index (χ2v) is 5.57. The summed E-state index contributed by atoms with van der Waals surface area (Å²) in [5.74, 6) is 0. The first-order chi connectivity index (χ1) is 10.1. The van der Waals surface area contributed by atoms with Crippen LogP contribution in [-0.2, 0) is 6.42 Å². The van der Waals surface area contributed by atoms with E-state index < -0.39 is 6.17 Å². The van der Waals surface area contributed by atoms with Gasteiger partial charge < -0.3 is 5.73 Å². The highest BCUT2D eigenvalue weighted by Gasteiger charge is 2.05. The van der Waals surface area contributed by atoms with E-state index in [2.05, 4.69) is 0 Å². The number of hydrogen-bond acceptors (Lipinski definition) is 1. The van der Waals surface area contributed by atoms with Gasteiger partial charge in [-0.05, 0) is 23.3 Å². The molecule has 4 heteroatoms. The minimum absolute atomic E-state index is 0.0370. The molecule has 2 N–H and O–H groups in total. The lowest BCUT2D eigenvalue weighted by Gasteiger charge is -2.06. The predicted molar refractivity (Wildman–Crippen MR) is 89.5 cm³/mol. The largest absolute Gasteiger partial charge is 0.328 e. The summed E-state index contributed by atoms with van der Waals surface area (Å²) in [7, 11) is 0. The summed E-state index contributed by atoms with van der Waals surface area (Å²) in [6.45, 7) is 0.0370. The summed E-state index contributed by atoms with van der Waals surface area (Å²) >= 11 is 12.2. The SMILES string of the molecule is NC[C@@H](F)Cc1cccc(/C=C/c2c(Cl)cccc2Cl)c1. The van der Waals surface area contributed by atoms with Crippen LogP contribution in [0.25, 0.3) is 12.2 Å². The molecule has 0 spiro atoms. The number of hydrogen-bond donors (Lipinski definition) is 1. The van der Waals surface area contributed by atoms with Crippen LogP contribution >= 0.6 is 23.2 Å². The van der Waals surface area contributed by atoms with Crippen molar-refractivity contribution < 1.29 is 4.39 Å². The molecule has 0 radical (unpaired) electrons. The molecule has 0 aromatic heterocycles. The van der Waals surface area contributed by atoms with Gasteiger partial charge in [-0.2, -0.15) is 0 Å². The van der Waals surface area contributed by atoms with Gasteiger partial charge in [0.15, 0.2) is 0 Å². The first-order valence-corrected chi connectivity index (χ1v) is 7.41. The summed E-state index contributed by atoms with van der Waals surface area (Å²) in [5, 5.41) is 1.20. The van der Waals surface area contributed by atoms with E-state index in [0.29, 0.717) is 16.5 Å². The van der Waals surface area contributed by atoms with Gasteiger partial charge in [0.2, 0.25) is 0 Å².